The Morgan fingerprint density at radius 3 is 2.17 bits per heavy atom. The van der Waals surface area contributed by atoms with Gasteiger partial charge in [0.15, 0.2) is 0 Å². The molecule has 0 N–H and O–H groups in total. The van der Waals surface area contributed by atoms with E-state index >= 15 is 0 Å². The summed E-state index contributed by atoms with van der Waals surface area (Å²) < 4.78 is 70.9. The van der Waals surface area contributed by atoms with E-state index in [4.69, 9.17) is 16.3 Å². The summed E-state index contributed by atoms with van der Waals surface area (Å²) in [5, 5.41) is -0.573. The molecule has 6 nitrogen and oxygen atoms in total. The van der Waals surface area contributed by atoms with Crippen molar-refractivity contribution in [2.24, 2.45) is 0 Å². The molecule has 0 aromatic heterocycles. The Morgan fingerprint density at radius 1 is 1.03 bits per heavy atom. The molecule has 0 bridgehead atoms. The minimum atomic E-state index is -4.77. The normalized spacial score (nSPS) is 15.8. The number of amides is 1. The van der Waals surface area contributed by atoms with Crippen molar-refractivity contribution in [2.75, 3.05) is 33.3 Å². The largest absolute Gasteiger partial charge is 0.497 e. The number of ether oxygens (including phenoxy) is 1. The first-order valence-corrected chi connectivity index (χ1v) is 10.7. The maximum Gasteiger partial charge on any atom is 0.417 e. The fraction of sp³-hybridized carbons (Fsp3) is 0.316. The summed E-state index contributed by atoms with van der Waals surface area (Å²) in [5.41, 5.74) is -0.779. The number of sulfonamides is 1. The molecule has 11 heteroatoms. The second-order valence-corrected chi connectivity index (χ2v) is 8.91. The molecule has 2 aromatic rings. The first-order valence-electron chi connectivity index (χ1n) is 8.84. The highest BCUT2D eigenvalue weighted by atomic mass is 35.5. The Hall–Kier alpha value is -2.30. The van der Waals surface area contributed by atoms with Crippen molar-refractivity contribution in [2.45, 2.75) is 11.1 Å². The summed E-state index contributed by atoms with van der Waals surface area (Å²) in [7, 11) is -2.66. The van der Waals surface area contributed by atoms with Crippen LogP contribution in [0, 0.1) is 0 Å². The van der Waals surface area contributed by atoms with Gasteiger partial charge in [-0.1, -0.05) is 11.6 Å². The smallest absolute Gasteiger partial charge is 0.417 e. The average Bonchev–Trinajstić information content (AvgIpc) is 2.72. The number of carbonyl (C=O) groups is 1. The minimum absolute atomic E-state index is 0.0335. The van der Waals surface area contributed by atoms with Crippen LogP contribution in [0.4, 0.5) is 13.2 Å². The quantitative estimate of drug-likeness (QED) is 0.697. The fourth-order valence-electron chi connectivity index (χ4n) is 3.08. The van der Waals surface area contributed by atoms with Gasteiger partial charge in [0.25, 0.3) is 5.91 Å². The number of rotatable bonds is 4. The van der Waals surface area contributed by atoms with Gasteiger partial charge in [-0.25, -0.2) is 8.42 Å². The number of alkyl halides is 3. The van der Waals surface area contributed by atoms with Crippen LogP contribution in [-0.2, 0) is 16.2 Å². The molecule has 30 heavy (non-hydrogen) atoms. The van der Waals surface area contributed by atoms with Crippen LogP contribution in [0.3, 0.4) is 0 Å². The molecule has 0 unspecified atom stereocenters. The van der Waals surface area contributed by atoms with Gasteiger partial charge >= 0.3 is 6.18 Å². The summed E-state index contributed by atoms with van der Waals surface area (Å²) >= 11 is 5.57. The van der Waals surface area contributed by atoms with Crippen LogP contribution in [0.25, 0.3) is 0 Å². The molecule has 1 aliphatic heterocycles. The number of piperazine rings is 1. The third-order valence-corrected chi connectivity index (χ3v) is 6.97. The molecule has 1 amide bonds. The van der Waals surface area contributed by atoms with Crippen LogP contribution in [0.2, 0.25) is 5.02 Å². The lowest BCUT2D eigenvalue weighted by Crippen LogP contribution is -2.50. The van der Waals surface area contributed by atoms with E-state index in [-0.39, 0.29) is 32.1 Å². The zero-order valence-electron chi connectivity index (χ0n) is 15.8. The molecule has 0 aliphatic carbocycles. The van der Waals surface area contributed by atoms with Crippen molar-refractivity contribution < 1.29 is 31.1 Å². The summed E-state index contributed by atoms with van der Waals surface area (Å²) in [6, 6.07) is 9.00. The topological polar surface area (TPSA) is 66.9 Å². The summed E-state index contributed by atoms with van der Waals surface area (Å²) in [5.74, 6) is 0.337. The molecule has 0 spiro atoms. The van der Waals surface area contributed by atoms with E-state index < -0.39 is 31.7 Å². The van der Waals surface area contributed by atoms with Gasteiger partial charge in [0, 0.05) is 31.7 Å². The summed E-state index contributed by atoms with van der Waals surface area (Å²) in [4.78, 5) is 13.6. The van der Waals surface area contributed by atoms with Crippen molar-refractivity contribution in [3.8, 4) is 5.75 Å². The Morgan fingerprint density at radius 2 is 1.63 bits per heavy atom. The second-order valence-electron chi connectivity index (χ2n) is 6.56. The van der Waals surface area contributed by atoms with E-state index in [0.29, 0.717) is 17.4 Å². The van der Waals surface area contributed by atoms with Crippen molar-refractivity contribution in [1.29, 1.82) is 0 Å². The molecule has 1 fully saturated rings. The minimum Gasteiger partial charge on any atom is -0.497 e. The number of hydrogen-bond acceptors (Lipinski definition) is 4. The number of halogens is 4. The standard InChI is InChI=1S/C19H18ClF3N2O4S/c1-29-14-4-2-13(3-5-14)18(26)24-8-10-25(11-9-24)30(27,28)15-6-7-17(20)16(12-15)19(21,22)23/h2-7,12H,8-11H2,1H3. The van der Waals surface area contributed by atoms with Gasteiger partial charge in [-0.2, -0.15) is 17.5 Å². The van der Waals surface area contributed by atoms with Crippen LogP contribution in [-0.4, -0.2) is 56.8 Å². The number of carbonyl (C=O) groups excluding carboxylic acids is 1. The third kappa shape index (κ3) is 4.55. The van der Waals surface area contributed by atoms with Crippen LogP contribution in [0.15, 0.2) is 47.4 Å². The van der Waals surface area contributed by atoms with Crippen molar-refractivity contribution in [3.63, 3.8) is 0 Å². The molecule has 0 saturated carbocycles. The molecule has 1 aliphatic rings. The van der Waals surface area contributed by atoms with E-state index in [9.17, 15) is 26.4 Å². The predicted molar refractivity (Wildman–Crippen MR) is 104 cm³/mol. The highest BCUT2D eigenvalue weighted by molar-refractivity contribution is 7.89. The van der Waals surface area contributed by atoms with Gasteiger partial charge in [-0.15, -0.1) is 0 Å². The van der Waals surface area contributed by atoms with E-state index in [1.54, 1.807) is 24.3 Å². The van der Waals surface area contributed by atoms with Crippen molar-refractivity contribution in [1.82, 2.24) is 9.21 Å². The van der Waals surface area contributed by atoms with E-state index in [0.717, 1.165) is 16.4 Å². The maximum absolute atomic E-state index is 13.1. The highest BCUT2D eigenvalue weighted by Crippen LogP contribution is 2.36. The Bertz CT molecular complexity index is 1030. The van der Waals surface area contributed by atoms with E-state index in [2.05, 4.69) is 0 Å². The number of nitrogens with zero attached hydrogens (tertiary/aromatic N) is 2. The molecule has 0 atom stereocenters. The third-order valence-electron chi connectivity index (χ3n) is 4.74. The van der Waals surface area contributed by atoms with Crippen LogP contribution < -0.4 is 4.74 Å². The molecule has 1 saturated heterocycles. The maximum atomic E-state index is 13.1. The Balaban J connectivity index is 1.73. The molecule has 2 aromatic carbocycles. The average molecular weight is 463 g/mol. The van der Waals surface area contributed by atoms with Gasteiger partial charge in [-0.05, 0) is 42.5 Å². The molecular weight excluding hydrogens is 445 g/mol. The summed E-state index contributed by atoms with van der Waals surface area (Å²) in [6.45, 7) is 0.163. The van der Waals surface area contributed by atoms with Crippen LogP contribution in [0.1, 0.15) is 15.9 Å². The SMILES string of the molecule is COc1ccc(C(=O)N2CCN(S(=O)(=O)c3ccc(Cl)c(C(F)(F)F)c3)CC2)cc1. The monoisotopic (exact) mass is 462 g/mol. The fourth-order valence-corrected chi connectivity index (χ4v) is 4.75. The van der Waals surface area contributed by atoms with E-state index in [1.807, 2.05) is 0 Å². The number of methoxy groups -OCH3 is 1. The zero-order chi connectivity index (χ0) is 22.1. The van der Waals surface area contributed by atoms with Gasteiger partial charge in [0.05, 0.1) is 22.6 Å². The first kappa shape index (κ1) is 22.4. The lowest BCUT2D eigenvalue weighted by atomic mass is 10.2. The number of hydrogen-bond donors (Lipinski definition) is 0. The summed E-state index contributed by atoms with van der Waals surface area (Å²) in [6.07, 6.45) is -4.77. The second kappa shape index (κ2) is 8.44. The van der Waals surface area contributed by atoms with Gasteiger partial charge in [0.1, 0.15) is 5.75 Å². The highest BCUT2D eigenvalue weighted by Gasteiger charge is 2.36. The lowest BCUT2D eigenvalue weighted by Gasteiger charge is -2.34. The van der Waals surface area contributed by atoms with Crippen molar-refractivity contribution in [3.05, 3.63) is 58.6 Å². The molecule has 1 heterocycles. The molecule has 162 valence electrons. The van der Waals surface area contributed by atoms with Crippen LogP contribution in [0.5, 0.6) is 5.75 Å². The van der Waals surface area contributed by atoms with Gasteiger partial charge in [0.2, 0.25) is 10.0 Å². The van der Waals surface area contributed by atoms with Crippen molar-refractivity contribution >= 4 is 27.5 Å². The Kier molecular flexibility index (Phi) is 6.30. The lowest BCUT2D eigenvalue weighted by molar-refractivity contribution is -0.137. The molecular formula is C19H18ClF3N2O4S. The molecule has 0 radical (unpaired) electrons. The molecule has 3 rings (SSSR count). The predicted octanol–water partition coefficient (Wildman–Crippen LogP) is 3.51. The van der Waals surface area contributed by atoms with E-state index in [1.165, 1.54) is 12.0 Å². The van der Waals surface area contributed by atoms with Gasteiger partial charge < -0.3 is 9.64 Å². The first-order chi connectivity index (χ1) is 14.0. The van der Waals surface area contributed by atoms with Gasteiger partial charge in [-0.3, -0.25) is 4.79 Å². The van der Waals surface area contributed by atoms with Crippen LogP contribution >= 0.6 is 11.6 Å². The number of benzene rings is 2. The zero-order valence-corrected chi connectivity index (χ0v) is 17.4. The Labute approximate surface area is 176 Å².